The molecule has 0 aliphatic heterocycles. The highest BCUT2D eigenvalue weighted by Gasteiger charge is 2.03. The summed E-state index contributed by atoms with van der Waals surface area (Å²) in [5, 5.41) is 0. The van der Waals surface area contributed by atoms with Crippen LogP contribution in [0.5, 0.6) is 0 Å². The van der Waals surface area contributed by atoms with E-state index in [2.05, 4.69) is 4.98 Å². The predicted molar refractivity (Wildman–Crippen MR) is 49.5 cm³/mol. The SMILES string of the molecule is NCCC[C@H](N)c1ccncc1. The van der Waals surface area contributed by atoms with Crippen molar-refractivity contribution in [3.05, 3.63) is 30.1 Å². The van der Waals surface area contributed by atoms with Crippen LogP contribution < -0.4 is 11.5 Å². The maximum absolute atomic E-state index is 5.90. The Bertz CT molecular complexity index is 210. The van der Waals surface area contributed by atoms with Gasteiger partial charge in [-0.15, -0.1) is 0 Å². The Balaban J connectivity index is 2.48. The van der Waals surface area contributed by atoms with E-state index in [-0.39, 0.29) is 6.04 Å². The minimum atomic E-state index is 0.108. The van der Waals surface area contributed by atoms with Crippen molar-refractivity contribution in [3.63, 3.8) is 0 Å². The summed E-state index contributed by atoms with van der Waals surface area (Å²) in [4.78, 5) is 3.93. The third-order valence-electron chi connectivity index (χ3n) is 1.85. The molecule has 0 radical (unpaired) electrons. The van der Waals surface area contributed by atoms with Crippen LogP contribution in [0.3, 0.4) is 0 Å². The monoisotopic (exact) mass is 165 g/mol. The first-order valence-corrected chi connectivity index (χ1v) is 4.20. The maximum Gasteiger partial charge on any atom is 0.0296 e. The van der Waals surface area contributed by atoms with Gasteiger partial charge in [0.05, 0.1) is 0 Å². The third-order valence-corrected chi connectivity index (χ3v) is 1.85. The molecule has 0 spiro atoms. The van der Waals surface area contributed by atoms with Gasteiger partial charge in [0.25, 0.3) is 0 Å². The summed E-state index contributed by atoms with van der Waals surface area (Å²) < 4.78 is 0. The highest BCUT2D eigenvalue weighted by atomic mass is 14.7. The first kappa shape index (κ1) is 9.16. The molecule has 4 N–H and O–H groups in total. The molecule has 0 aromatic carbocycles. The zero-order valence-electron chi connectivity index (χ0n) is 7.11. The van der Waals surface area contributed by atoms with E-state index in [0.29, 0.717) is 6.54 Å². The van der Waals surface area contributed by atoms with E-state index in [4.69, 9.17) is 11.5 Å². The normalized spacial score (nSPS) is 12.8. The summed E-state index contributed by atoms with van der Waals surface area (Å²) in [6.45, 7) is 0.707. The van der Waals surface area contributed by atoms with Crippen LogP contribution in [-0.4, -0.2) is 11.5 Å². The van der Waals surface area contributed by atoms with Gasteiger partial charge in [0.1, 0.15) is 0 Å². The molecule has 3 nitrogen and oxygen atoms in total. The van der Waals surface area contributed by atoms with Crippen LogP contribution in [0.1, 0.15) is 24.4 Å². The molecule has 1 aromatic rings. The minimum absolute atomic E-state index is 0.108. The van der Waals surface area contributed by atoms with Crippen LogP contribution in [0.25, 0.3) is 0 Å². The van der Waals surface area contributed by atoms with Gasteiger partial charge in [0, 0.05) is 18.4 Å². The van der Waals surface area contributed by atoms with Gasteiger partial charge in [-0.3, -0.25) is 4.98 Å². The van der Waals surface area contributed by atoms with Gasteiger partial charge in [0.15, 0.2) is 0 Å². The molecule has 0 aliphatic rings. The van der Waals surface area contributed by atoms with Crippen molar-refractivity contribution in [3.8, 4) is 0 Å². The zero-order chi connectivity index (χ0) is 8.81. The van der Waals surface area contributed by atoms with Crippen molar-refractivity contribution >= 4 is 0 Å². The molecule has 0 unspecified atom stereocenters. The molecule has 1 aromatic heterocycles. The summed E-state index contributed by atoms with van der Waals surface area (Å²) in [7, 11) is 0. The lowest BCUT2D eigenvalue weighted by atomic mass is 10.0. The number of pyridine rings is 1. The lowest BCUT2D eigenvalue weighted by molar-refractivity contribution is 0.617. The van der Waals surface area contributed by atoms with Gasteiger partial charge >= 0.3 is 0 Å². The molecule has 66 valence electrons. The molecular weight excluding hydrogens is 150 g/mol. The molecule has 0 saturated heterocycles. The van der Waals surface area contributed by atoms with E-state index >= 15 is 0 Å². The molecular formula is C9H15N3. The van der Waals surface area contributed by atoms with Crippen LogP contribution >= 0.6 is 0 Å². The second-order valence-corrected chi connectivity index (χ2v) is 2.82. The largest absolute Gasteiger partial charge is 0.330 e. The number of hydrogen-bond acceptors (Lipinski definition) is 3. The Labute approximate surface area is 72.8 Å². The highest BCUT2D eigenvalue weighted by Crippen LogP contribution is 2.13. The number of aromatic nitrogens is 1. The molecule has 0 saturated carbocycles. The Kier molecular flexibility index (Phi) is 3.70. The number of nitrogens with zero attached hydrogens (tertiary/aromatic N) is 1. The van der Waals surface area contributed by atoms with E-state index in [1.165, 1.54) is 0 Å². The Hall–Kier alpha value is -0.930. The van der Waals surface area contributed by atoms with Crippen LogP contribution in [0, 0.1) is 0 Å². The third kappa shape index (κ3) is 2.60. The van der Waals surface area contributed by atoms with Crippen molar-refractivity contribution in [1.29, 1.82) is 0 Å². The molecule has 1 heterocycles. The van der Waals surface area contributed by atoms with Gasteiger partial charge in [-0.2, -0.15) is 0 Å². The fourth-order valence-corrected chi connectivity index (χ4v) is 1.12. The molecule has 0 fully saturated rings. The van der Waals surface area contributed by atoms with E-state index in [0.717, 1.165) is 18.4 Å². The van der Waals surface area contributed by atoms with Crippen molar-refractivity contribution in [2.75, 3.05) is 6.54 Å². The Morgan fingerprint density at radius 3 is 2.58 bits per heavy atom. The van der Waals surface area contributed by atoms with Gasteiger partial charge in [-0.25, -0.2) is 0 Å². The second kappa shape index (κ2) is 4.85. The van der Waals surface area contributed by atoms with Crippen LogP contribution in [-0.2, 0) is 0 Å². The zero-order valence-corrected chi connectivity index (χ0v) is 7.11. The number of rotatable bonds is 4. The summed E-state index contributed by atoms with van der Waals surface area (Å²) in [6.07, 6.45) is 5.44. The first-order valence-electron chi connectivity index (χ1n) is 4.20. The molecule has 12 heavy (non-hydrogen) atoms. The van der Waals surface area contributed by atoms with Crippen molar-refractivity contribution in [2.45, 2.75) is 18.9 Å². The number of hydrogen-bond donors (Lipinski definition) is 2. The lowest BCUT2D eigenvalue weighted by Crippen LogP contribution is -2.12. The van der Waals surface area contributed by atoms with Gasteiger partial charge in [0.2, 0.25) is 0 Å². The van der Waals surface area contributed by atoms with E-state index in [1.807, 2.05) is 12.1 Å². The fourth-order valence-electron chi connectivity index (χ4n) is 1.12. The molecule has 1 atom stereocenters. The second-order valence-electron chi connectivity index (χ2n) is 2.82. The van der Waals surface area contributed by atoms with Crippen molar-refractivity contribution in [2.24, 2.45) is 11.5 Å². The molecule has 0 amide bonds. The smallest absolute Gasteiger partial charge is 0.0296 e. The highest BCUT2D eigenvalue weighted by molar-refractivity contribution is 5.13. The summed E-state index contributed by atoms with van der Waals surface area (Å²) >= 11 is 0. The van der Waals surface area contributed by atoms with Crippen molar-refractivity contribution < 1.29 is 0 Å². The fraction of sp³-hybridized carbons (Fsp3) is 0.444. The van der Waals surface area contributed by atoms with Gasteiger partial charge in [-0.05, 0) is 37.1 Å². The minimum Gasteiger partial charge on any atom is -0.330 e. The van der Waals surface area contributed by atoms with Crippen LogP contribution in [0.4, 0.5) is 0 Å². The summed E-state index contributed by atoms with van der Waals surface area (Å²) in [5.41, 5.74) is 12.4. The predicted octanol–water partition coefficient (Wildman–Crippen LogP) is 0.820. The summed E-state index contributed by atoms with van der Waals surface area (Å²) in [5.74, 6) is 0. The van der Waals surface area contributed by atoms with Crippen LogP contribution in [0.15, 0.2) is 24.5 Å². The number of nitrogens with two attached hydrogens (primary N) is 2. The van der Waals surface area contributed by atoms with E-state index in [1.54, 1.807) is 12.4 Å². The average molecular weight is 165 g/mol. The van der Waals surface area contributed by atoms with E-state index in [9.17, 15) is 0 Å². The Morgan fingerprint density at radius 2 is 2.00 bits per heavy atom. The summed E-state index contributed by atoms with van der Waals surface area (Å²) in [6, 6.07) is 4.00. The maximum atomic E-state index is 5.90. The molecule has 0 bridgehead atoms. The quantitative estimate of drug-likeness (QED) is 0.694. The molecule has 3 heteroatoms. The van der Waals surface area contributed by atoms with Gasteiger partial charge < -0.3 is 11.5 Å². The van der Waals surface area contributed by atoms with Crippen molar-refractivity contribution in [1.82, 2.24) is 4.98 Å². The molecule has 1 rings (SSSR count). The van der Waals surface area contributed by atoms with Gasteiger partial charge in [-0.1, -0.05) is 0 Å². The first-order chi connectivity index (χ1) is 5.84. The molecule has 0 aliphatic carbocycles. The average Bonchev–Trinajstić information content (AvgIpc) is 2.15. The lowest BCUT2D eigenvalue weighted by Gasteiger charge is -2.09. The van der Waals surface area contributed by atoms with Crippen LogP contribution in [0.2, 0.25) is 0 Å². The standard InChI is InChI=1S/C9H15N3/c10-5-1-2-9(11)8-3-6-12-7-4-8/h3-4,6-7,9H,1-2,5,10-11H2/t9-/m0/s1. The van der Waals surface area contributed by atoms with E-state index < -0.39 is 0 Å². The topological polar surface area (TPSA) is 64.9 Å². The Morgan fingerprint density at radius 1 is 1.33 bits per heavy atom.